The average Bonchev–Trinajstić information content (AvgIpc) is 3.26. The van der Waals surface area contributed by atoms with Crippen LogP contribution < -0.4 is 10.0 Å². The third-order valence-corrected chi connectivity index (χ3v) is 5.82. The Balaban J connectivity index is 1.54. The lowest BCUT2D eigenvalue weighted by atomic mass is 10.0. The second kappa shape index (κ2) is 7.70. The first kappa shape index (κ1) is 20.3. The van der Waals surface area contributed by atoms with Gasteiger partial charge in [-0.1, -0.05) is 15.5 Å². The highest BCUT2D eigenvalue weighted by Crippen LogP contribution is 2.31. The standard InChI is InChI=1S/C18H20N6O5S/c1-30(28,29)19-8-7-11-9-24(22-21-11)14-4-2-3-12-13(14)10-23(18(12)27)15-5-6-16(25)20-17(15)26/h2-4,9,15H,5-8,10H2,1H3,(H2-,19,20,25,26,28,29). The summed E-state index contributed by atoms with van der Waals surface area (Å²) in [5.41, 5.74) is 2.45. The Morgan fingerprint density at radius 1 is 1.33 bits per heavy atom. The van der Waals surface area contributed by atoms with Gasteiger partial charge in [-0.05, 0) is 18.6 Å². The summed E-state index contributed by atoms with van der Waals surface area (Å²) in [6.45, 7) is 0.424. The minimum absolute atomic E-state index is 0.192. The van der Waals surface area contributed by atoms with Gasteiger partial charge in [0.05, 0.1) is 17.6 Å². The van der Waals surface area contributed by atoms with Crippen molar-refractivity contribution in [2.45, 2.75) is 31.8 Å². The van der Waals surface area contributed by atoms with E-state index < -0.39 is 22.3 Å². The van der Waals surface area contributed by atoms with Crippen LogP contribution in [0.25, 0.3) is 5.69 Å². The summed E-state index contributed by atoms with van der Waals surface area (Å²) in [5.74, 6) is -1.06. The van der Waals surface area contributed by atoms with Gasteiger partial charge in [0.15, 0.2) is 0 Å². The van der Waals surface area contributed by atoms with Crippen molar-refractivity contribution in [1.29, 1.82) is 0 Å². The molecule has 1 aromatic heterocycles. The Kier molecular flexibility index (Phi) is 5.22. The van der Waals surface area contributed by atoms with E-state index in [1.54, 1.807) is 24.4 Å². The number of imide groups is 1. The summed E-state index contributed by atoms with van der Waals surface area (Å²) in [6, 6.07) is 4.53. The van der Waals surface area contributed by atoms with Gasteiger partial charge in [-0.2, -0.15) is 0 Å². The van der Waals surface area contributed by atoms with Crippen molar-refractivity contribution in [3.8, 4) is 5.69 Å². The van der Waals surface area contributed by atoms with Crippen molar-refractivity contribution < 1.29 is 23.1 Å². The predicted molar refractivity (Wildman–Crippen MR) is 104 cm³/mol. The molecule has 2 aromatic rings. The number of hydrogen-bond acceptors (Lipinski definition) is 7. The van der Waals surface area contributed by atoms with Crippen LogP contribution in [0.15, 0.2) is 24.4 Å². The fourth-order valence-electron chi connectivity index (χ4n) is 3.68. The van der Waals surface area contributed by atoms with E-state index in [0.29, 0.717) is 29.8 Å². The summed E-state index contributed by atoms with van der Waals surface area (Å²) in [7, 11) is -3.28. The molecule has 3 heterocycles. The molecule has 2 aliphatic rings. The smallest absolute Gasteiger partial charge is 0.255 e. The number of piperidine rings is 1. The van der Waals surface area contributed by atoms with Crippen LogP contribution in [0, 0.1) is 0 Å². The second-order valence-electron chi connectivity index (χ2n) is 7.27. The molecule has 1 saturated heterocycles. The van der Waals surface area contributed by atoms with Crippen LogP contribution in [0.2, 0.25) is 0 Å². The lowest BCUT2D eigenvalue weighted by molar-refractivity contribution is -0.136. The van der Waals surface area contributed by atoms with E-state index in [1.807, 2.05) is 0 Å². The van der Waals surface area contributed by atoms with Gasteiger partial charge in [-0.25, -0.2) is 4.68 Å². The highest BCUT2D eigenvalue weighted by Gasteiger charge is 2.40. The number of hydrogen-bond donors (Lipinski definition) is 2. The zero-order chi connectivity index (χ0) is 21.5. The molecule has 0 spiro atoms. The molecule has 11 nitrogen and oxygen atoms in total. The lowest BCUT2D eigenvalue weighted by Gasteiger charge is -2.29. The molecule has 2 atom stereocenters. The van der Waals surface area contributed by atoms with Crippen molar-refractivity contribution in [3.05, 3.63) is 41.2 Å². The molecule has 0 saturated carbocycles. The first-order valence-electron chi connectivity index (χ1n) is 9.36. The van der Waals surface area contributed by atoms with Crippen molar-refractivity contribution in [1.82, 2.24) is 29.9 Å². The van der Waals surface area contributed by atoms with E-state index in [2.05, 4.69) is 20.4 Å². The van der Waals surface area contributed by atoms with Crippen LogP contribution in [0.4, 0.5) is 0 Å². The number of amides is 3. The van der Waals surface area contributed by atoms with E-state index >= 15 is 0 Å². The van der Waals surface area contributed by atoms with Crippen molar-refractivity contribution in [2.24, 2.45) is 0 Å². The van der Waals surface area contributed by atoms with Crippen LogP contribution in [0.5, 0.6) is 0 Å². The molecule has 4 rings (SSSR count). The zero-order valence-corrected chi connectivity index (χ0v) is 17.0. The Bertz CT molecular complexity index is 1080. The SMILES string of the molecule is C[S+](=O)([O-])NCCc1cn(-c2cccc3c2CN(C2CCC(=O)NC2=O)C3=O)nn1. The van der Waals surface area contributed by atoms with Gasteiger partial charge >= 0.3 is 0 Å². The van der Waals surface area contributed by atoms with Crippen molar-refractivity contribution in [2.75, 3.05) is 12.8 Å². The zero-order valence-electron chi connectivity index (χ0n) is 16.2. The first-order valence-corrected chi connectivity index (χ1v) is 11.2. The molecule has 1 fully saturated rings. The Morgan fingerprint density at radius 3 is 2.87 bits per heavy atom. The molecule has 158 valence electrons. The Labute approximate surface area is 173 Å². The van der Waals surface area contributed by atoms with Gasteiger partial charge in [0.2, 0.25) is 11.8 Å². The third-order valence-electron chi connectivity index (χ3n) is 5.09. The topological polar surface area (TPSA) is 149 Å². The van der Waals surface area contributed by atoms with Gasteiger partial charge in [0.25, 0.3) is 5.91 Å². The maximum atomic E-state index is 12.9. The summed E-state index contributed by atoms with van der Waals surface area (Å²) < 4.78 is 26.3. The molecule has 2 aliphatic heterocycles. The number of carbonyl (C=O) groups is 3. The van der Waals surface area contributed by atoms with Crippen LogP contribution in [-0.4, -0.2) is 61.0 Å². The normalized spacial score (nSPS) is 20.8. The van der Waals surface area contributed by atoms with Crippen LogP contribution in [0.1, 0.15) is 34.5 Å². The molecule has 2 N–H and O–H groups in total. The summed E-state index contributed by atoms with van der Waals surface area (Å²) in [5, 5.41) is 10.5. The molecule has 0 aliphatic carbocycles. The van der Waals surface area contributed by atoms with E-state index in [-0.39, 0.29) is 31.3 Å². The maximum Gasteiger partial charge on any atom is 0.255 e. The summed E-state index contributed by atoms with van der Waals surface area (Å²) in [6.07, 6.45) is 3.61. The monoisotopic (exact) mass is 432 g/mol. The minimum Gasteiger partial charge on any atom is -0.598 e. The van der Waals surface area contributed by atoms with E-state index in [1.165, 1.54) is 9.58 Å². The van der Waals surface area contributed by atoms with Crippen LogP contribution >= 0.6 is 0 Å². The molecule has 0 radical (unpaired) electrons. The lowest BCUT2D eigenvalue weighted by Crippen LogP contribution is -2.52. The fraction of sp³-hybridized carbons (Fsp3) is 0.389. The number of benzene rings is 1. The third kappa shape index (κ3) is 4.01. The number of sulfonamides is 1. The fourth-order valence-corrected chi connectivity index (χ4v) is 4.15. The number of carbonyl (C=O) groups excluding carboxylic acids is 3. The highest BCUT2D eigenvalue weighted by atomic mass is 32.3. The second-order valence-corrected chi connectivity index (χ2v) is 9.11. The van der Waals surface area contributed by atoms with Gasteiger partial charge in [0, 0.05) is 37.1 Å². The molecular formula is C18H20N6O5S. The largest absolute Gasteiger partial charge is 0.598 e. The summed E-state index contributed by atoms with van der Waals surface area (Å²) in [4.78, 5) is 38.0. The van der Waals surface area contributed by atoms with Crippen molar-refractivity contribution >= 4 is 28.1 Å². The van der Waals surface area contributed by atoms with E-state index in [9.17, 15) is 23.1 Å². The predicted octanol–water partition coefficient (Wildman–Crippen LogP) is -0.665. The van der Waals surface area contributed by atoms with Crippen LogP contribution in [0.3, 0.4) is 0 Å². The molecule has 12 heteroatoms. The van der Waals surface area contributed by atoms with E-state index in [0.717, 1.165) is 11.8 Å². The molecule has 3 amide bonds. The number of nitrogens with zero attached hydrogens (tertiary/aromatic N) is 4. The van der Waals surface area contributed by atoms with Gasteiger partial charge in [-0.3, -0.25) is 19.7 Å². The number of aromatic nitrogens is 3. The minimum atomic E-state index is -3.28. The Hall–Kier alpha value is -2.96. The number of rotatable bonds is 6. The molecule has 1 aromatic carbocycles. The maximum absolute atomic E-state index is 12.9. The van der Waals surface area contributed by atoms with Gasteiger partial charge < -0.3 is 9.45 Å². The molecule has 30 heavy (non-hydrogen) atoms. The van der Waals surface area contributed by atoms with Gasteiger partial charge in [-0.15, -0.1) is 9.82 Å². The molecule has 2 unspecified atom stereocenters. The highest BCUT2D eigenvalue weighted by molar-refractivity contribution is 7.95. The summed E-state index contributed by atoms with van der Waals surface area (Å²) >= 11 is 0. The number of nitrogens with one attached hydrogen (secondary N) is 2. The average molecular weight is 432 g/mol. The van der Waals surface area contributed by atoms with Crippen LogP contribution in [-0.2, 0) is 37.2 Å². The molecule has 0 bridgehead atoms. The quantitative estimate of drug-likeness (QED) is 0.454. The van der Waals surface area contributed by atoms with E-state index in [4.69, 9.17) is 0 Å². The Morgan fingerprint density at radius 2 is 2.13 bits per heavy atom. The first-order chi connectivity index (χ1) is 14.2. The van der Waals surface area contributed by atoms with Crippen molar-refractivity contribution in [3.63, 3.8) is 0 Å². The van der Waals surface area contributed by atoms with Gasteiger partial charge in [0.1, 0.15) is 22.7 Å². The number of fused-ring (bicyclic) bond motifs is 1. The molecular weight excluding hydrogens is 412 g/mol.